The van der Waals surface area contributed by atoms with Crippen LogP contribution in [0.3, 0.4) is 0 Å². The zero-order valence-electron chi connectivity index (χ0n) is 20.0. The molecule has 1 aliphatic heterocycles. The van der Waals surface area contributed by atoms with Gasteiger partial charge >= 0.3 is 6.09 Å². The summed E-state index contributed by atoms with van der Waals surface area (Å²) in [6, 6.07) is 12.9. The van der Waals surface area contributed by atoms with Crippen LogP contribution in [0, 0.1) is 0 Å². The molecule has 0 spiro atoms. The maximum Gasteiger partial charge on any atom is 0.405 e. The monoisotopic (exact) mass is 517 g/mol. The normalized spacial score (nSPS) is 16.0. The number of nitrogens with one attached hydrogen (secondary N) is 2. The van der Waals surface area contributed by atoms with Crippen LogP contribution in [0.5, 0.6) is 0 Å². The molecule has 1 saturated heterocycles. The van der Waals surface area contributed by atoms with E-state index >= 15 is 0 Å². The topological polar surface area (TPSA) is 165 Å². The maximum atomic E-state index is 13.0. The Morgan fingerprint density at radius 3 is 2.08 bits per heavy atom. The SMILES string of the molecule is CCCS(=O)(=O)c1ccc(-c2ccc(CC(NC(=O)C3(NC(=O)O)CCOCC3)C(N)=O)cc2)cc1. The van der Waals surface area contributed by atoms with Crippen molar-refractivity contribution in [2.45, 2.75) is 49.1 Å². The molecule has 0 aromatic heterocycles. The van der Waals surface area contributed by atoms with Crippen LogP contribution in [0.1, 0.15) is 31.7 Å². The Labute approximate surface area is 210 Å². The fourth-order valence-corrected chi connectivity index (χ4v) is 5.49. The molecule has 2 aromatic rings. The van der Waals surface area contributed by atoms with E-state index < -0.39 is 39.3 Å². The molecule has 194 valence electrons. The lowest BCUT2D eigenvalue weighted by Gasteiger charge is -2.36. The highest BCUT2D eigenvalue weighted by Gasteiger charge is 2.42. The van der Waals surface area contributed by atoms with Crippen molar-refractivity contribution >= 4 is 27.7 Å². The first-order valence-corrected chi connectivity index (χ1v) is 13.3. The minimum Gasteiger partial charge on any atom is -0.465 e. The molecule has 10 nitrogen and oxygen atoms in total. The van der Waals surface area contributed by atoms with E-state index in [1.165, 1.54) is 0 Å². The summed E-state index contributed by atoms with van der Waals surface area (Å²) in [5, 5.41) is 14.1. The molecule has 1 atom stereocenters. The molecule has 5 N–H and O–H groups in total. The van der Waals surface area contributed by atoms with Crippen molar-refractivity contribution in [3.8, 4) is 11.1 Å². The predicted octanol–water partition coefficient (Wildman–Crippen LogP) is 1.87. The minimum atomic E-state index is -3.29. The molecule has 11 heteroatoms. The first-order chi connectivity index (χ1) is 17.1. The molecule has 0 saturated carbocycles. The Balaban J connectivity index is 1.71. The van der Waals surface area contributed by atoms with Crippen LogP contribution in [-0.2, 0) is 30.6 Å². The van der Waals surface area contributed by atoms with Gasteiger partial charge in [0.25, 0.3) is 0 Å². The molecule has 0 radical (unpaired) electrons. The first kappa shape index (κ1) is 27.2. The Kier molecular flexibility index (Phi) is 8.70. The Hall–Kier alpha value is -3.44. The fraction of sp³-hybridized carbons (Fsp3) is 0.400. The predicted molar refractivity (Wildman–Crippen MR) is 133 cm³/mol. The zero-order chi connectivity index (χ0) is 26.3. The molecule has 0 bridgehead atoms. The van der Waals surface area contributed by atoms with Crippen LogP contribution in [-0.4, -0.2) is 62.0 Å². The number of carboxylic acid groups (broad SMARTS) is 1. The molecule has 1 fully saturated rings. The number of carbonyl (C=O) groups excluding carboxylic acids is 2. The smallest absolute Gasteiger partial charge is 0.405 e. The van der Waals surface area contributed by atoms with Gasteiger partial charge in [-0.2, -0.15) is 0 Å². The standard InChI is InChI=1S/C25H31N3O7S/c1-2-15-36(33,34)20-9-7-19(8-10-20)18-5-3-17(4-6-18)16-21(22(26)29)27-23(30)25(28-24(31)32)11-13-35-14-12-25/h3-10,21,28H,2,11-16H2,1H3,(H2,26,29)(H,27,30)(H,31,32). The lowest BCUT2D eigenvalue weighted by atomic mass is 9.88. The van der Waals surface area contributed by atoms with Crippen molar-refractivity contribution in [3.63, 3.8) is 0 Å². The van der Waals surface area contributed by atoms with Gasteiger partial charge in [0.15, 0.2) is 9.84 Å². The highest BCUT2D eigenvalue weighted by molar-refractivity contribution is 7.91. The second-order valence-electron chi connectivity index (χ2n) is 8.80. The van der Waals surface area contributed by atoms with Crippen molar-refractivity contribution < 1.29 is 32.6 Å². The molecular formula is C25H31N3O7S. The van der Waals surface area contributed by atoms with E-state index in [0.717, 1.165) is 16.7 Å². The van der Waals surface area contributed by atoms with E-state index in [9.17, 15) is 27.9 Å². The van der Waals surface area contributed by atoms with Gasteiger partial charge < -0.3 is 26.2 Å². The van der Waals surface area contributed by atoms with Gasteiger partial charge in [-0.15, -0.1) is 0 Å². The number of hydrogen-bond acceptors (Lipinski definition) is 6. The number of benzene rings is 2. The number of hydrogen-bond donors (Lipinski definition) is 4. The maximum absolute atomic E-state index is 13.0. The van der Waals surface area contributed by atoms with Crippen molar-refractivity contribution in [1.29, 1.82) is 0 Å². The van der Waals surface area contributed by atoms with E-state index in [1.54, 1.807) is 36.4 Å². The number of sulfone groups is 1. The van der Waals surface area contributed by atoms with Crippen LogP contribution in [0.25, 0.3) is 11.1 Å². The third-order valence-corrected chi connectivity index (χ3v) is 8.13. The lowest BCUT2D eigenvalue weighted by molar-refractivity contribution is -0.134. The summed E-state index contributed by atoms with van der Waals surface area (Å²) in [5.74, 6) is -1.26. The number of rotatable bonds is 10. The van der Waals surface area contributed by atoms with Crippen LogP contribution in [0.4, 0.5) is 4.79 Å². The third kappa shape index (κ3) is 6.61. The van der Waals surface area contributed by atoms with E-state index in [1.807, 2.05) is 19.1 Å². The van der Waals surface area contributed by atoms with Crippen molar-refractivity contribution in [2.75, 3.05) is 19.0 Å². The second kappa shape index (κ2) is 11.5. The summed E-state index contributed by atoms with van der Waals surface area (Å²) >= 11 is 0. The van der Waals surface area contributed by atoms with Crippen molar-refractivity contribution in [1.82, 2.24) is 10.6 Å². The molecule has 3 amide bonds. The van der Waals surface area contributed by atoms with Gasteiger partial charge in [0.2, 0.25) is 11.8 Å². The Morgan fingerprint density at radius 2 is 1.58 bits per heavy atom. The lowest BCUT2D eigenvalue weighted by Crippen LogP contribution is -2.63. The first-order valence-electron chi connectivity index (χ1n) is 11.7. The summed E-state index contributed by atoms with van der Waals surface area (Å²) in [7, 11) is -3.29. The molecule has 36 heavy (non-hydrogen) atoms. The summed E-state index contributed by atoms with van der Waals surface area (Å²) in [6.07, 6.45) is -0.388. The fourth-order valence-electron chi connectivity index (χ4n) is 4.16. The second-order valence-corrected chi connectivity index (χ2v) is 10.9. The third-order valence-electron chi connectivity index (χ3n) is 6.19. The highest BCUT2D eigenvalue weighted by atomic mass is 32.2. The average Bonchev–Trinajstić information content (AvgIpc) is 2.84. The minimum absolute atomic E-state index is 0.0971. The Morgan fingerprint density at radius 1 is 1.03 bits per heavy atom. The zero-order valence-corrected chi connectivity index (χ0v) is 20.8. The Bertz CT molecular complexity index is 1190. The van der Waals surface area contributed by atoms with Crippen LogP contribution >= 0.6 is 0 Å². The number of amides is 3. The van der Waals surface area contributed by atoms with Crippen LogP contribution < -0.4 is 16.4 Å². The number of nitrogens with two attached hydrogens (primary N) is 1. The van der Waals surface area contributed by atoms with Gasteiger partial charge in [-0.1, -0.05) is 43.3 Å². The highest BCUT2D eigenvalue weighted by Crippen LogP contribution is 2.24. The summed E-state index contributed by atoms with van der Waals surface area (Å²) < 4.78 is 29.7. The van der Waals surface area contributed by atoms with Crippen LogP contribution in [0.15, 0.2) is 53.4 Å². The van der Waals surface area contributed by atoms with Crippen molar-refractivity contribution in [3.05, 3.63) is 54.1 Å². The molecule has 3 rings (SSSR count). The molecule has 1 heterocycles. The molecule has 0 aliphatic carbocycles. The van der Waals surface area contributed by atoms with Crippen LogP contribution in [0.2, 0.25) is 0 Å². The van der Waals surface area contributed by atoms with E-state index in [0.29, 0.717) is 6.42 Å². The average molecular weight is 518 g/mol. The van der Waals surface area contributed by atoms with Gasteiger partial charge in [-0.05, 0) is 35.2 Å². The van der Waals surface area contributed by atoms with Gasteiger partial charge in [-0.25, -0.2) is 13.2 Å². The number of primary amides is 1. The van der Waals surface area contributed by atoms with E-state index in [-0.39, 0.29) is 43.1 Å². The van der Waals surface area contributed by atoms with Gasteiger partial charge in [0.1, 0.15) is 11.6 Å². The molecule has 1 aliphatic rings. The molecular weight excluding hydrogens is 486 g/mol. The summed E-state index contributed by atoms with van der Waals surface area (Å²) in [5.41, 5.74) is 6.56. The largest absolute Gasteiger partial charge is 0.465 e. The quantitative estimate of drug-likeness (QED) is 0.373. The molecule has 2 aromatic carbocycles. The van der Waals surface area contributed by atoms with Gasteiger partial charge in [0, 0.05) is 32.5 Å². The van der Waals surface area contributed by atoms with Crippen molar-refractivity contribution in [2.24, 2.45) is 5.73 Å². The molecule has 1 unspecified atom stereocenters. The summed E-state index contributed by atoms with van der Waals surface area (Å²) in [4.78, 5) is 36.7. The van der Waals surface area contributed by atoms with Gasteiger partial charge in [-0.3, -0.25) is 9.59 Å². The van der Waals surface area contributed by atoms with E-state index in [2.05, 4.69) is 10.6 Å². The summed E-state index contributed by atoms with van der Waals surface area (Å²) in [6.45, 7) is 2.24. The van der Waals surface area contributed by atoms with Gasteiger partial charge in [0.05, 0.1) is 10.6 Å². The van der Waals surface area contributed by atoms with E-state index in [4.69, 9.17) is 10.5 Å². The number of carbonyl (C=O) groups is 3. The number of ether oxygens (including phenoxy) is 1.